The number of pyridine rings is 1. The van der Waals surface area contributed by atoms with Crippen LogP contribution in [0, 0.1) is 10.1 Å². The summed E-state index contributed by atoms with van der Waals surface area (Å²) in [5.74, 6) is 0.796. The Morgan fingerprint density at radius 1 is 1.31 bits per heavy atom. The summed E-state index contributed by atoms with van der Waals surface area (Å²) in [5.41, 5.74) is 1.97. The number of nitro benzene ring substituents is 1. The molecule has 1 saturated heterocycles. The van der Waals surface area contributed by atoms with Gasteiger partial charge in [0.2, 0.25) is 0 Å². The van der Waals surface area contributed by atoms with Crippen LogP contribution in [0.3, 0.4) is 0 Å². The first-order valence-electron chi connectivity index (χ1n) is 8.64. The minimum Gasteiger partial charge on any atom is -0.367 e. The van der Waals surface area contributed by atoms with Gasteiger partial charge in [0.15, 0.2) is 0 Å². The van der Waals surface area contributed by atoms with Crippen molar-refractivity contribution in [2.75, 3.05) is 23.3 Å². The average Bonchev–Trinajstić information content (AvgIpc) is 3.08. The highest BCUT2D eigenvalue weighted by atomic mass is 16.6. The summed E-state index contributed by atoms with van der Waals surface area (Å²) in [6.07, 6.45) is 6.11. The number of nitrogens with one attached hydrogen (secondary N) is 1. The van der Waals surface area contributed by atoms with E-state index in [0.29, 0.717) is 6.04 Å². The summed E-state index contributed by atoms with van der Waals surface area (Å²) in [6, 6.07) is 8.79. The second-order valence-electron chi connectivity index (χ2n) is 6.63. The van der Waals surface area contributed by atoms with Gasteiger partial charge in [0, 0.05) is 49.9 Å². The fourth-order valence-electron chi connectivity index (χ4n) is 3.42. The molecule has 1 atom stereocenters. The molecule has 1 aliphatic heterocycles. The predicted octanol–water partition coefficient (Wildman–Crippen LogP) is 2.96. The van der Waals surface area contributed by atoms with Crippen molar-refractivity contribution >= 4 is 28.1 Å². The lowest BCUT2D eigenvalue weighted by Crippen LogP contribution is -2.42. The number of aromatic nitrogens is 3. The first-order chi connectivity index (χ1) is 12.6. The van der Waals surface area contributed by atoms with Gasteiger partial charge in [-0.3, -0.25) is 14.8 Å². The van der Waals surface area contributed by atoms with Crippen LogP contribution < -0.4 is 10.2 Å². The summed E-state index contributed by atoms with van der Waals surface area (Å²) in [5, 5.41) is 19.4. The van der Waals surface area contributed by atoms with Gasteiger partial charge in [0.1, 0.15) is 5.82 Å². The molecule has 1 aliphatic rings. The van der Waals surface area contributed by atoms with Crippen LogP contribution in [0.1, 0.15) is 12.8 Å². The van der Waals surface area contributed by atoms with E-state index in [9.17, 15) is 10.1 Å². The molecule has 8 nitrogen and oxygen atoms in total. The number of hydrogen-bond acceptors (Lipinski definition) is 6. The molecule has 0 bridgehead atoms. The maximum absolute atomic E-state index is 10.9. The summed E-state index contributed by atoms with van der Waals surface area (Å²) in [7, 11) is 1.92. The molecule has 26 heavy (non-hydrogen) atoms. The van der Waals surface area contributed by atoms with E-state index in [1.165, 1.54) is 6.07 Å². The Morgan fingerprint density at radius 3 is 2.96 bits per heavy atom. The molecule has 0 saturated carbocycles. The predicted molar refractivity (Wildman–Crippen MR) is 100 cm³/mol. The van der Waals surface area contributed by atoms with E-state index in [-0.39, 0.29) is 10.6 Å². The number of piperidine rings is 1. The van der Waals surface area contributed by atoms with Crippen LogP contribution in [-0.2, 0) is 7.05 Å². The summed E-state index contributed by atoms with van der Waals surface area (Å²) >= 11 is 0. The van der Waals surface area contributed by atoms with E-state index in [1.807, 2.05) is 36.3 Å². The quantitative estimate of drug-likeness (QED) is 0.574. The van der Waals surface area contributed by atoms with Crippen molar-refractivity contribution in [1.82, 2.24) is 14.8 Å². The summed E-state index contributed by atoms with van der Waals surface area (Å²) < 4.78 is 1.82. The van der Waals surface area contributed by atoms with E-state index in [0.717, 1.165) is 48.3 Å². The van der Waals surface area contributed by atoms with Crippen LogP contribution in [0.4, 0.5) is 17.2 Å². The zero-order valence-corrected chi connectivity index (χ0v) is 14.5. The zero-order chi connectivity index (χ0) is 18.1. The van der Waals surface area contributed by atoms with E-state index in [4.69, 9.17) is 0 Å². The van der Waals surface area contributed by atoms with Crippen LogP contribution in [0.25, 0.3) is 10.9 Å². The van der Waals surface area contributed by atoms with Gasteiger partial charge in [-0.1, -0.05) is 0 Å². The molecule has 8 heteroatoms. The lowest BCUT2D eigenvalue weighted by Gasteiger charge is -2.34. The number of anilines is 2. The Morgan fingerprint density at radius 2 is 2.19 bits per heavy atom. The Labute approximate surface area is 150 Å². The van der Waals surface area contributed by atoms with Crippen LogP contribution >= 0.6 is 0 Å². The first kappa shape index (κ1) is 16.3. The number of non-ortho nitro benzene ring substituents is 1. The summed E-state index contributed by atoms with van der Waals surface area (Å²) in [6.45, 7) is 1.92. The molecular formula is C18H20N6O2. The van der Waals surface area contributed by atoms with E-state index >= 15 is 0 Å². The van der Waals surface area contributed by atoms with Crippen molar-refractivity contribution < 1.29 is 4.92 Å². The Bertz CT molecular complexity index is 954. The van der Waals surface area contributed by atoms with Gasteiger partial charge in [-0.2, -0.15) is 5.10 Å². The number of benzene rings is 1. The Kier molecular flexibility index (Phi) is 4.16. The highest BCUT2D eigenvalue weighted by molar-refractivity contribution is 5.82. The van der Waals surface area contributed by atoms with E-state index in [2.05, 4.69) is 20.3 Å². The molecule has 0 radical (unpaired) electrons. The molecule has 1 aromatic carbocycles. The molecule has 4 rings (SSSR count). The molecule has 3 aromatic rings. The van der Waals surface area contributed by atoms with E-state index in [1.54, 1.807) is 12.1 Å². The zero-order valence-electron chi connectivity index (χ0n) is 14.5. The van der Waals surface area contributed by atoms with Gasteiger partial charge in [-0.25, -0.2) is 4.98 Å². The van der Waals surface area contributed by atoms with Gasteiger partial charge in [0.25, 0.3) is 5.69 Å². The largest absolute Gasteiger partial charge is 0.367 e. The lowest BCUT2D eigenvalue weighted by atomic mass is 10.1. The molecule has 0 aliphatic carbocycles. The molecule has 0 amide bonds. The number of hydrogen-bond donors (Lipinski definition) is 1. The van der Waals surface area contributed by atoms with E-state index < -0.39 is 0 Å². The molecule has 1 fully saturated rings. The molecule has 2 aromatic heterocycles. The minimum absolute atomic E-state index is 0.0828. The van der Waals surface area contributed by atoms with Gasteiger partial charge in [-0.05, 0) is 31.0 Å². The summed E-state index contributed by atoms with van der Waals surface area (Å²) in [4.78, 5) is 17.4. The normalized spacial score (nSPS) is 17.4. The fraction of sp³-hybridized carbons (Fsp3) is 0.333. The minimum atomic E-state index is -0.388. The number of rotatable bonds is 4. The third kappa shape index (κ3) is 3.30. The monoisotopic (exact) mass is 352 g/mol. The number of aryl methyl sites for hydroxylation is 1. The first-order valence-corrected chi connectivity index (χ1v) is 8.64. The number of nitro groups is 1. The van der Waals surface area contributed by atoms with Crippen molar-refractivity contribution in [2.24, 2.45) is 7.05 Å². The second kappa shape index (κ2) is 6.62. The molecule has 1 N–H and O–H groups in total. The molecule has 134 valence electrons. The Hall–Kier alpha value is -3.16. The second-order valence-corrected chi connectivity index (χ2v) is 6.63. The highest BCUT2D eigenvalue weighted by Crippen LogP contribution is 2.24. The van der Waals surface area contributed by atoms with Gasteiger partial charge in [0.05, 0.1) is 22.3 Å². The van der Waals surface area contributed by atoms with Crippen molar-refractivity contribution in [3.8, 4) is 0 Å². The van der Waals surface area contributed by atoms with Crippen molar-refractivity contribution in [3.63, 3.8) is 0 Å². The number of nitrogens with zero attached hydrogens (tertiary/aromatic N) is 5. The van der Waals surface area contributed by atoms with Crippen molar-refractivity contribution in [3.05, 3.63) is 52.8 Å². The third-order valence-corrected chi connectivity index (χ3v) is 4.71. The van der Waals surface area contributed by atoms with Gasteiger partial charge >= 0.3 is 0 Å². The molecule has 1 unspecified atom stereocenters. The molecule has 0 spiro atoms. The topological polar surface area (TPSA) is 89.1 Å². The fourth-order valence-corrected chi connectivity index (χ4v) is 3.42. The maximum Gasteiger partial charge on any atom is 0.270 e. The van der Waals surface area contributed by atoms with Crippen molar-refractivity contribution in [1.29, 1.82) is 0 Å². The maximum atomic E-state index is 10.9. The highest BCUT2D eigenvalue weighted by Gasteiger charge is 2.21. The van der Waals surface area contributed by atoms with Gasteiger partial charge < -0.3 is 10.2 Å². The molecule has 3 heterocycles. The number of fused-ring (bicyclic) bond motifs is 1. The van der Waals surface area contributed by atoms with Crippen LogP contribution in [0.2, 0.25) is 0 Å². The average molecular weight is 352 g/mol. The lowest BCUT2D eigenvalue weighted by molar-refractivity contribution is -0.384. The smallest absolute Gasteiger partial charge is 0.270 e. The standard InChI is InChI=1S/C18H20N6O2/c1-22-12-16(10-19-22)23-8-2-3-14(11-23)20-18-7-4-13-9-15(24(25)26)5-6-17(13)21-18/h4-7,9-10,12,14H,2-3,8,11H2,1H3,(H,20,21). The van der Waals surface area contributed by atoms with Gasteiger partial charge in [-0.15, -0.1) is 0 Å². The Balaban J connectivity index is 1.49. The van der Waals surface area contributed by atoms with Crippen LogP contribution in [-0.4, -0.2) is 38.8 Å². The van der Waals surface area contributed by atoms with Crippen LogP contribution in [0.5, 0.6) is 0 Å². The molecular weight excluding hydrogens is 332 g/mol. The SMILES string of the molecule is Cn1cc(N2CCCC(Nc3ccc4cc([N+](=O)[O-])ccc4n3)C2)cn1. The third-order valence-electron chi connectivity index (χ3n) is 4.71. The van der Waals surface area contributed by atoms with Crippen molar-refractivity contribution in [2.45, 2.75) is 18.9 Å². The van der Waals surface area contributed by atoms with Crippen LogP contribution in [0.15, 0.2) is 42.7 Å².